The molecule has 0 bridgehead atoms. The molecule has 0 spiro atoms. The normalized spacial score (nSPS) is 10.7. The topological polar surface area (TPSA) is 68.9 Å². The van der Waals surface area contributed by atoms with Crippen molar-refractivity contribution in [3.8, 4) is 11.4 Å². The molecule has 10 heteroatoms. The number of nitrogens with zero attached hydrogens (tertiary/aromatic N) is 3. The zero-order chi connectivity index (χ0) is 15.0. The van der Waals surface area contributed by atoms with E-state index in [0.29, 0.717) is 9.64 Å². The lowest BCUT2D eigenvalue weighted by Gasteiger charge is -2.06. The van der Waals surface area contributed by atoms with Crippen molar-refractivity contribution in [1.29, 1.82) is 0 Å². The van der Waals surface area contributed by atoms with Crippen molar-refractivity contribution >= 4 is 51.5 Å². The average molecular weight is 432 g/mol. The summed E-state index contributed by atoms with van der Waals surface area (Å²) in [6.07, 6.45) is 0. The second kappa shape index (κ2) is 5.70. The molecule has 104 valence electrons. The van der Waals surface area contributed by atoms with Gasteiger partial charge >= 0.3 is 5.69 Å². The highest BCUT2D eigenvalue weighted by Gasteiger charge is 2.25. The van der Waals surface area contributed by atoms with Crippen molar-refractivity contribution in [2.24, 2.45) is 0 Å². The minimum absolute atomic E-state index is 0.106. The van der Waals surface area contributed by atoms with E-state index in [1.54, 1.807) is 22.6 Å². The molecule has 0 radical (unpaired) electrons. The quantitative estimate of drug-likeness (QED) is 0.308. The van der Waals surface area contributed by atoms with E-state index in [1.165, 1.54) is 0 Å². The van der Waals surface area contributed by atoms with E-state index in [4.69, 9.17) is 23.2 Å². The third-order valence-electron chi connectivity index (χ3n) is 2.26. The van der Waals surface area contributed by atoms with Crippen LogP contribution in [0.5, 0.6) is 0 Å². The number of nitro benzene ring substituents is 1. The number of hydrogen-bond donors (Lipinski definition) is 0. The molecular weight excluding hydrogens is 430 g/mol. The summed E-state index contributed by atoms with van der Waals surface area (Å²) >= 11 is 13.3. The van der Waals surface area contributed by atoms with Crippen LogP contribution in [-0.4, -0.2) is 14.9 Å². The fourth-order valence-electron chi connectivity index (χ4n) is 1.39. The van der Waals surface area contributed by atoms with Gasteiger partial charge in [0.15, 0.2) is 5.82 Å². The molecule has 0 saturated heterocycles. The van der Waals surface area contributed by atoms with Crippen LogP contribution < -0.4 is 0 Å². The van der Waals surface area contributed by atoms with Gasteiger partial charge in [0, 0.05) is 6.07 Å². The Balaban J connectivity index is 2.76. The monoisotopic (exact) mass is 431 g/mol. The van der Waals surface area contributed by atoms with Crippen LogP contribution in [0, 0.1) is 25.3 Å². The molecule has 5 nitrogen and oxygen atoms in total. The molecule has 0 atom stereocenters. The molecule has 2 rings (SSSR count). The summed E-state index contributed by atoms with van der Waals surface area (Å²) in [6, 6.07) is 1.46. The second-order valence-electron chi connectivity index (χ2n) is 3.46. The van der Waals surface area contributed by atoms with Gasteiger partial charge in [0.05, 0.1) is 14.1 Å². The standard InChI is InChI=1S/C10H2Cl2F2IN3O2/c11-8-7(15)9(12)17-10(16-8)5-3(13)1-2-4(6(5)14)18(19)20/h1-2H. The van der Waals surface area contributed by atoms with Crippen LogP contribution in [0.3, 0.4) is 0 Å². The molecule has 0 saturated carbocycles. The molecule has 20 heavy (non-hydrogen) atoms. The summed E-state index contributed by atoms with van der Waals surface area (Å²) in [5.74, 6) is -2.90. The van der Waals surface area contributed by atoms with E-state index in [-0.39, 0.29) is 10.3 Å². The summed E-state index contributed by atoms with van der Waals surface area (Å²) in [4.78, 5) is 17.0. The molecule has 1 aromatic heterocycles. The first-order chi connectivity index (χ1) is 9.32. The number of hydrogen-bond acceptors (Lipinski definition) is 4. The van der Waals surface area contributed by atoms with Gasteiger partial charge in [-0.25, -0.2) is 14.4 Å². The van der Waals surface area contributed by atoms with Crippen LogP contribution in [0.1, 0.15) is 0 Å². The third kappa shape index (κ3) is 2.67. The Kier molecular flexibility index (Phi) is 4.35. The summed E-state index contributed by atoms with van der Waals surface area (Å²) in [5.41, 5.74) is -1.64. The fourth-order valence-corrected chi connectivity index (χ4v) is 2.02. The van der Waals surface area contributed by atoms with Gasteiger partial charge in [0.25, 0.3) is 0 Å². The molecule has 0 N–H and O–H groups in total. The van der Waals surface area contributed by atoms with Gasteiger partial charge in [-0.15, -0.1) is 0 Å². The van der Waals surface area contributed by atoms with Crippen LogP contribution in [0.2, 0.25) is 10.3 Å². The van der Waals surface area contributed by atoms with Crippen LogP contribution in [0.4, 0.5) is 14.5 Å². The largest absolute Gasteiger partial charge is 0.305 e. The van der Waals surface area contributed by atoms with Crippen molar-refractivity contribution in [2.75, 3.05) is 0 Å². The second-order valence-corrected chi connectivity index (χ2v) is 5.25. The first kappa shape index (κ1) is 15.3. The zero-order valence-electron chi connectivity index (χ0n) is 9.20. The van der Waals surface area contributed by atoms with Crippen molar-refractivity contribution in [3.05, 3.63) is 47.8 Å². The van der Waals surface area contributed by atoms with Gasteiger partial charge in [-0.1, -0.05) is 23.2 Å². The van der Waals surface area contributed by atoms with Gasteiger partial charge in [-0.05, 0) is 28.7 Å². The molecule has 0 unspecified atom stereocenters. The minimum Gasteiger partial charge on any atom is -0.258 e. The molecule has 0 aliphatic heterocycles. The highest BCUT2D eigenvalue weighted by molar-refractivity contribution is 14.1. The van der Waals surface area contributed by atoms with Crippen LogP contribution in [0.15, 0.2) is 12.1 Å². The molecule has 0 amide bonds. The van der Waals surface area contributed by atoms with Crippen molar-refractivity contribution < 1.29 is 13.7 Å². The Bertz CT molecular complexity index is 707. The molecule has 1 aromatic carbocycles. The fraction of sp³-hybridized carbons (Fsp3) is 0. The predicted octanol–water partition coefficient (Wildman–Crippen LogP) is 4.24. The Hall–Kier alpha value is -1.13. The minimum atomic E-state index is -1.39. The maximum absolute atomic E-state index is 14.0. The average Bonchev–Trinajstić information content (AvgIpc) is 2.35. The van der Waals surface area contributed by atoms with E-state index in [1.807, 2.05) is 0 Å². The zero-order valence-corrected chi connectivity index (χ0v) is 12.9. The lowest BCUT2D eigenvalue weighted by molar-refractivity contribution is -0.387. The lowest BCUT2D eigenvalue weighted by Crippen LogP contribution is -2.02. The summed E-state index contributed by atoms with van der Waals surface area (Å²) in [5, 5.41) is 10.4. The van der Waals surface area contributed by atoms with Gasteiger partial charge in [-0.3, -0.25) is 10.1 Å². The molecule has 0 aliphatic carbocycles. The highest BCUT2D eigenvalue weighted by Crippen LogP contribution is 2.32. The smallest absolute Gasteiger partial charge is 0.258 e. The molecule has 1 heterocycles. The lowest BCUT2D eigenvalue weighted by atomic mass is 10.1. The van der Waals surface area contributed by atoms with E-state index in [9.17, 15) is 18.9 Å². The first-order valence-electron chi connectivity index (χ1n) is 4.84. The van der Waals surface area contributed by atoms with Gasteiger partial charge < -0.3 is 0 Å². The summed E-state index contributed by atoms with van der Waals surface area (Å²) < 4.78 is 28.0. The number of benzene rings is 1. The summed E-state index contributed by atoms with van der Waals surface area (Å²) in [7, 11) is 0. The number of aromatic nitrogens is 2. The maximum Gasteiger partial charge on any atom is 0.305 e. The Morgan fingerprint density at radius 3 is 2.25 bits per heavy atom. The van der Waals surface area contributed by atoms with Crippen molar-refractivity contribution in [3.63, 3.8) is 0 Å². The molecule has 2 aromatic rings. The van der Waals surface area contributed by atoms with Gasteiger partial charge in [0.2, 0.25) is 5.82 Å². The number of nitro groups is 1. The van der Waals surface area contributed by atoms with Crippen molar-refractivity contribution in [1.82, 2.24) is 9.97 Å². The van der Waals surface area contributed by atoms with E-state index in [2.05, 4.69) is 9.97 Å². The van der Waals surface area contributed by atoms with E-state index in [0.717, 1.165) is 6.07 Å². The first-order valence-corrected chi connectivity index (χ1v) is 6.67. The van der Waals surface area contributed by atoms with Crippen molar-refractivity contribution in [2.45, 2.75) is 0 Å². The van der Waals surface area contributed by atoms with Gasteiger partial charge in [-0.2, -0.15) is 4.39 Å². The molecule has 0 fully saturated rings. The van der Waals surface area contributed by atoms with Crippen LogP contribution >= 0.6 is 45.8 Å². The molecule has 0 aliphatic rings. The predicted molar refractivity (Wildman–Crippen MR) is 76.8 cm³/mol. The summed E-state index contributed by atoms with van der Waals surface area (Å²) in [6.45, 7) is 0. The SMILES string of the molecule is O=[N+]([O-])c1ccc(F)c(-c2nc(Cl)c(I)c(Cl)n2)c1F. The molecular formula is C10H2Cl2F2IN3O2. The Morgan fingerprint density at radius 2 is 1.75 bits per heavy atom. The third-order valence-corrected chi connectivity index (χ3v) is 4.47. The number of rotatable bonds is 2. The van der Waals surface area contributed by atoms with E-state index < -0.39 is 33.6 Å². The van der Waals surface area contributed by atoms with Crippen LogP contribution in [-0.2, 0) is 0 Å². The highest BCUT2D eigenvalue weighted by atomic mass is 127. The Morgan fingerprint density at radius 1 is 1.20 bits per heavy atom. The maximum atomic E-state index is 14.0. The van der Waals surface area contributed by atoms with E-state index >= 15 is 0 Å². The Labute approximate surface area is 134 Å². The van der Waals surface area contributed by atoms with Gasteiger partial charge in [0.1, 0.15) is 16.1 Å². The van der Waals surface area contributed by atoms with Crippen LogP contribution in [0.25, 0.3) is 11.4 Å². The number of halogens is 5.